The lowest BCUT2D eigenvalue weighted by atomic mass is 10.0. The number of hydrogen-bond acceptors (Lipinski definition) is 4. The Hall–Kier alpha value is -0.680. The van der Waals surface area contributed by atoms with Gasteiger partial charge in [-0.25, -0.2) is 0 Å². The van der Waals surface area contributed by atoms with Gasteiger partial charge in [-0.2, -0.15) is 0 Å². The van der Waals surface area contributed by atoms with E-state index < -0.39 is 12.1 Å². The molecule has 0 aliphatic carbocycles. The van der Waals surface area contributed by atoms with Crippen LogP contribution in [0.4, 0.5) is 0 Å². The van der Waals surface area contributed by atoms with Gasteiger partial charge in [0.15, 0.2) is 11.5 Å². The third-order valence-corrected chi connectivity index (χ3v) is 1.84. The van der Waals surface area contributed by atoms with Crippen LogP contribution in [0, 0.1) is 0 Å². The van der Waals surface area contributed by atoms with Crippen molar-refractivity contribution in [1.82, 2.24) is 0 Å². The minimum Gasteiger partial charge on any atom is -0.504 e. The summed E-state index contributed by atoms with van der Waals surface area (Å²) in [6.45, 7) is 1.66. The fourth-order valence-electron chi connectivity index (χ4n) is 1.03. The molecule has 2 atom stereocenters. The molecule has 0 spiro atoms. The number of nitrogens with two attached hydrogens (primary N) is 1. The number of aromatic hydroxyl groups is 2. The first-order chi connectivity index (χ1) is 6.02. The summed E-state index contributed by atoms with van der Waals surface area (Å²) in [5.41, 5.74) is 5.95. The molecule has 4 nitrogen and oxygen atoms in total. The second-order valence-electron chi connectivity index (χ2n) is 3.05. The molecule has 2 unspecified atom stereocenters. The summed E-state index contributed by atoms with van der Waals surface area (Å²) in [6, 6.07) is 3.71. The highest BCUT2D eigenvalue weighted by Gasteiger charge is 2.13. The van der Waals surface area contributed by atoms with E-state index in [4.69, 9.17) is 15.9 Å². The summed E-state index contributed by atoms with van der Waals surface area (Å²) < 4.78 is 0. The van der Waals surface area contributed by atoms with Gasteiger partial charge >= 0.3 is 0 Å². The highest BCUT2D eigenvalue weighted by molar-refractivity contribution is 5.85. The number of hydrogen-bond donors (Lipinski definition) is 4. The number of halogens is 2. The van der Waals surface area contributed by atoms with Crippen molar-refractivity contribution in [1.29, 1.82) is 0 Å². The van der Waals surface area contributed by atoms with E-state index in [1.807, 2.05) is 0 Å². The lowest BCUT2D eigenvalue weighted by Gasteiger charge is -2.14. The highest BCUT2D eigenvalue weighted by Crippen LogP contribution is 2.28. The zero-order chi connectivity index (χ0) is 10.0. The molecule has 0 saturated heterocycles. The first-order valence-electron chi connectivity index (χ1n) is 3.98. The fourth-order valence-corrected chi connectivity index (χ4v) is 1.03. The fraction of sp³-hybridized carbons (Fsp3) is 0.333. The van der Waals surface area contributed by atoms with Crippen LogP contribution in [0.2, 0.25) is 0 Å². The van der Waals surface area contributed by atoms with E-state index in [0.717, 1.165) is 0 Å². The molecule has 1 aromatic rings. The first-order valence-corrected chi connectivity index (χ1v) is 3.98. The van der Waals surface area contributed by atoms with E-state index in [0.29, 0.717) is 5.56 Å². The van der Waals surface area contributed by atoms with Gasteiger partial charge in [0.25, 0.3) is 0 Å². The van der Waals surface area contributed by atoms with Crippen LogP contribution < -0.4 is 5.73 Å². The average molecular weight is 256 g/mol. The number of aliphatic hydroxyl groups excluding tert-OH is 1. The molecule has 0 fully saturated rings. The third kappa shape index (κ3) is 4.13. The van der Waals surface area contributed by atoms with Gasteiger partial charge in [0.2, 0.25) is 0 Å². The van der Waals surface area contributed by atoms with E-state index in [1.54, 1.807) is 6.92 Å². The summed E-state index contributed by atoms with van der Waals surface area (Å²) in [4.78, 5) is 0. The molecule has 0 aliphatic rings. The number of aliphatic hydroxyl groups is 1. The van der Waals surface area contributed by atoms with Gasteiger partial charge in [-0.15, -0.1) is 24.8 Å². The smallest absolute Gasteiger partial charge is 0.157 e. The minimum atomic E-state index is -0.827. The number of rotatable bonds is 2. The molecule has 0 heterocycles. The molecule has 1 aromatic carbocycles. The second-order valence-corrected chi connectivity index (χ2v) is 3.05. The predicted molar refractivity (Wildman–Crippen MR) is 62.9 cm³/mol. The van der Waals surface area contributed by atoms with Crippen molar-refractivity contribution in [2.75, 3.05) is 0 Å². The average Bonchev–Trinajstić information content (AvgIpc) is 2.08. The molecule has 88 valence electrons. The third-order valence-electron chi connectivity index (χ3n) is 1.84. The normalized spacial score (nSPS) is 13.3. The summed E-state index contributed by atoms with van der Waals surface area (Å²) in [5, 5.41) is 27.6. The number of phenols is 2. The standard InChI is InChI=1S/C9H13NO3.2ClH/c1-5(10)9(13)6-2-3-7(11)8(12)4-6;;/h2-5,9,11-13H,10H2,1H3;2*1H. The van der Waals surface area contributed by atoms with Gasteiger partial charge in [0, 0.05) is 6.04 Å². The second kappa shape index (κ2) is 6.74. The van der Waals surface area contributed by atoms with Crippen molar-refractivity contribution >= 4 is 24.8 Å². The minimum absolute atomic E-state index is 0. The Morgan fingerprint density at radius 3 is 2.07 bits per heavy atom. The molecule has 6 heteroatoms. The lowest BCUT2D eigenvalue weighted by Crippen LogP contribution is -2.24. The molecule has 0 bridgehead atoms. The maximum Gasteiger partial charge on any atom is 0.157 e. The number of benzene rings is 1. The van der Waals surface area contributed by atoms with Crippen LogP contribution in [-0.2, 0) is 0 Å². The van der Waals surface area contributed by atoms with E-state index >= 15 is 0 Å². The summed E-state index contributed by atoms with van der Waals surface area (Å²) in [5.74, 6) is -0.460. The van der Waals surface area contributed by atoms with Crippen molar-refractivity contribution in [3.63, 3.8) is 0 Å². The topological polar surface area (TPSA) is 86.7 Å². The van der Waals surface area contributed by atoms with Crippen molar-refractivity contribution < 1.29 is 15.3 Å². The van der Waals surface area contributed by atoms with E-state index in [2.05, 4.69) is 0 Å². The highest BCUT2D eigenvalue weighted by atomic mass is 35.5. The Bertz CT molecular complexity index is 307. The van der Waals surface area contributed by atoms with Crippen LogP contribution in [0.5, 0.6) is 11.5 Å². The maximum absolute atomic E-state index is 9.50. The predicted octanol–water partition coefficient (Wildman–Crippen LogP) is 1.32. The van der Waals surface area contributed by atoms with Crippen LogP contribution in [-0.4, -0.2) is 21.4 Å². The van der Waals surface area contributed by atoms with Gasteiger partial charge in [-0.05, 0) is 24.6 Å². The van der Waals surface area contributed by atoms with Crippen molar-refractivity contribution in [3.8, 4) is 11.5 Å². The molecule has 15 heavy (non-hydrogen) atoms. The zero-order valence-corrected chi connectivity index (χ0v) is 9.76. The summed E-state index contributed by atoms with van der Waals surface area (Å²) in [7, 11) is 0. The monoisotopic (exact) mass is 255 g/mol. The molecule has 5 N–H and O–H groups in total. The molecular weight excluding hydrogens is 241 g/mol. The zero-order valence-electron chi connectivity index (χ0n) is 8.12. The largest absolute Gasteiger partial charge is 0.504 e. The van der Waals surface area contributed by atoms with Crippen molar-refractivity contribution in [2.45, 2.75) is 19.1 Å². The Balaban J connectivity index is 0. The molecule has 0 aromatic heterocycles. The Morgan fingerprint density at radius 2 is 1.67 bits per heavy atom. The van der Waals surface area contributed by atoms with Gasteiger partial charge in [-0.1, -0.05) is 6.07 Å². The van der Waals surface area contributed by atoms with Crippen LogP contribution in [0.15, 0.2) is 18.2 Å². The molecule has 1 rings (SSSR count). The van der Waals surface area contributed by atoms with Crippen molar-refractivity contribution in [2.24, 2.45) is 5.73 Å². The van der Waals surface area contributed by atoms with E-state index in [-0.39, 0.29) is 36.3 Å². The van der Waals surface area contributed by atoms with Crippen LogP contribution in [0.1, 0.15) is 18.6 Å². The lowest BCUT2D eigenvalue weighted by molar-refractivity contribution is 0.153. The van der Waals surface area contributed by atoms with Crippen LogP contribution >= 0.6 is 24.8 Å². The van der Waals surface area contributed by atoms with Crippen molar-refractivity contribution in [3.05, 3.63) is 23.8 Å². The van der Waals surface area contributed by atoms with Crippen LogP contribution in [0.25, 0.3) is 0 Å². The van der Waals surface area contributed by atoms with Gasteiger partial charge in [0.1, 0.15) is 0 Å². The molecule has 0 radical (unpaired) electrons. The first kappa shape index (κ1) is 16.7. The summed E-state index contributed by atoms with van der Waals surface area (Å²) >= 11 is 0. The Morgan fingerprint density at radius 1 is 1.13 bits per heavy atom. The Labute approximate surface area is 101 Å². The van der Waals surface area contributed by atoms with Gasteiger partial charge in [0.05, 0.1) is 6.10 Å². The van der Waals surface area contributed by atoms with E-state index in [9.17, 15) is 5.11 Å². The quantitative estimate of drug-likeness (QED) is 0.601. The van der Waals surface area contributed by atoms with Crippen LogP contribution in [0.3, 0.4) is 0 Å². The summed E-state index contributed by atoms with van der Waals surface area (Å²) in [6.07, 6.45) is -0.827. The Kier molecular flexibility index (Phi) is 7.52. The van der Waals surface area contributed by atoms with Gasteiger partial charge < -0.3 is 21.1 Å². The maximum atomic E-state index is 9.50. The van der Waals surface area contributed by atoms with Gasteiger partial charge in [-0.3, -0.25) is 0 Å². The van der Waals surface area contributed by atoms with E-state index in [1.165, 1.54) is 18.2 Å². The molecular formula is C9H15Cl2NO3. The number of phenolic OH excluding ortho intramolecular Hbond substituents is 2. The molecule has 0 saturated carbocycles. The SMILES string of the molecule is CC(N)C(O)c1ccc(O)c(O)c1.Cl.Cl. The molecule has 0 amide bonds. The molecule has 0 aliphatic heterocycles.